The number of carbonyl (C=O) groups is 2. The maximum Gasteiger partial charge on any atom is 0.327 e. The fourth-order valence-corrected chi connectivity index (χ4v) is 3.73. The van der Waals surface area contributed by atoms with Crippen LogP contribution in [0.15, 0.2) is 29.3 Å². The molecule has 0 aromatic heterocycles. The largest absolute Gasteiger partial charge is 0.462 e. The molecule has 0 spiro atoms. The van der Waals surface area contributed by atoms with Gasteiger partial charge in [0.2, 0.25) is 5.91 Å². The zero-order chi connectivity index (χ0) is 21.5. The standard InChI is InChI=1S/C21H29ClN4O4/c1-24-15-23-20(30-18-5-2-3-6-18)25(13-16-7-9-17(22)10-8-16)14-19(28)26(21(24)29)11-4-12-27/h7-10,18,27H,2-6,11-15H2,1H3. The molecule has 0 radical (unpaired) electrons. The number of rotatable bonds is 6. The molecule has 0 bridgehead atoms. The van der Waals surface area contributed by atoms with E-state index in [-0.39, 0.29) is 38.4 Å². The Labute approximate surface area is 182 Å². The minimum atomic E-state index is -0.425. The summed E-state index contributed by atoms with van der Waals surface area (Å²) in [5.41, 5.74) is 0.954. The molecule has 1 N–H and O–H groups in total. The van der Waals surface area contributed by atoms with Gasteiger partial charge in [0.15, 0.2) is 0 Å². The first-order valence-electron chi connectivity index (χ1n) is 10.3. The Morgan fingerprint density at radius 1 is 1.20 bits per heavy atom. The van der Waals surface area contributed by atoms with Crippen LogP contribution in [0.1, 0.15) is 37.7 Å². The lowest BCUT2D eigenvalue weighted by molar-refractivity contribution is -0.129. The number of ether oxygens (including phenoxy) is 1. The highest BCUT2D eigenvalue weighted by molar-refractivity contribution is 6.30. The van der Waals surface area contributed by atoms with Crippen LogP contribution >= 0.6 is 11.6 Å². The Morgan fingerprint density at radius 3 is 2.57 bits per heavy atom. The molecule has 3 amide bonds. The quantitative estimate of drug-likeness (QED) is 0.741. The Morgan fingerprint density at radius 2 is 1.90 bits per heavy atom. The highest BCUT2D eigenvalue weighted by Gasteiger charge is 2.31. The van der Waals surface area contributed by atoms with E-state index in [0.29, 0.717) is 24.0 Å². The normalized spacial score (nSPS) is 18.9. The van der Waals surface area contributed by atoms with Crippen LogP contribution in [0.25, 0.3) is 0 Å². The van der Waals surface area contributed by atoms with Gasteiger partial charge in [-0.25, -0.2) is 9.79 Å². The predicted molar refractivity (Wildman–Crippen MR) is 114 cm³/mol. The molecule has 0 saturated heterocycles. The summed E-state index contributed by atoms with van der Waals surface area (Å²) in [5.74, 6) is -0.348. The van der Waals surface area contributed by atoms with Crippen molar-refractivity contribution in [2.75, 3.05) is 33.4 Å². The van der Waals surface area contributed by atoms with Crippen molar-refractivity contribution in [3.05, 3.63) is 34.9 Å². The number of amides is 3. The van der Waals surface area contributed by atoms with Crippen LogP contribution in [-0.2, 0) is 16.1 Å². The fraction of sp³-hybridized carbons (Fsp3) is 0.571. The summed E-state index contributed by atoms with van der Waals surface area (Å²) in [6, 6.07) is 7.35. The van der Waals surface area contributed by atoms with Gasteiger partial charge in [0.1, 0.15) is 19.3 Å². The second-order valence-electron chi connectivity index (χ2n) is 7.69. The number of aliphatic hydroxyl groups is 1. The van der Waals surface area contributed by atoms with Crippen molar-refractivity contribution < 1.29 is 19.4 Å². The third-order valence-electron chi connectivity index (χ3n) is 5.27. The summed E-state index contributed by atoms with van der Waals surface area (Å²) >= 11 is 6.00. The van der Waals surface area contributed by atoms with Gasteiger partial charge < -0.3 is 19.6 Å². The van der Waals surface area contributed by atoms with Crippen LogP contribution in [-0.4, -0.2) is 77.3 Å². The van der Waals surface area contributed by atoms with Gasteiger partial charge in [0.05, 0.1) is 0 Å². The first kappa shape index (κ1) is 22.4. The topological polar surface area (TPSA) is 85.7 Å². The molecule has 1 aliphatic carbocycles. The first-order valence-corrected chi connectivity index (χ1v) is 10.7. The van der Waals surface area contributed by atoms with E-state index in [4.69, 9.17) is 21.4 Å². The molecule has 164 valence electrons. The van der Waals surface area contributed by atoms with Gasteiger partial charge >= 0.3 is 6.03 Å². The van der Waals surface area contributed by atoms with E-state index in [1.807, 2.05) is 12.1 Å². The summed E-state index contributed by atoms with van der Waals surface area (Å²) < 4.78 is 6.20. The molecule has 0 unspecified atom stereocenters. The number of imide groups is 1. The molecule has 1 fully saturated rings. The van der Waals surface area contributed by atoms with Crippen molar-refractivity contribution >= 4 is 29.6 Å². The SMILES string of the molecule is CN1CN=C(OC2CCCC2)N(Cc2ccc(Cl)cc2)CC(=O)N(CCCO)C1=O. The Bertz CT molecular complexity index is 765. The van der Waals surface area contributed by atoms with Gasteiger partial charge in [-0.1, -0.05) is 23.7 Å². The predicted octanol–water partition coefficient (Wildman–Crippen LogP) is 2.69. The number of halogens is 1. The molecule has 2 aliphatic rings. The molecule has 1 aliphatic heterocycles. The zero-order valence-corrected chi connectivity index (χ0v) is 18.1. The molecule has 1 aromatic carbocycles. The number of carbonyl (C=O) groups excluding carboxylic acids is 2. The lowest BCUT2D eigenvalue weighted by Gasteiger charge is -2.28. The number of aliphatic imine (C=N–C) groups is 1. The van der Waals surface area contributed by atoms with E-state index < -0.39 is 6.03 Å². The van der Waals surface area contributed by atoms with Crippen molar-refractivity contribution in [2.24, 2.45) is 4.99 Å². The minimum Gasteiger partial charge on any atom is -0.462 e. The number of hydrogen-bond donors (Lipinski definition) is 1. The summed E-state index contributed by atoms with van der Waals surface area (Å²) in [5, 5.41) is 9.80. The summed E-state index contributed by atoms with van der Waals surface area (Å²) in [4.78, 5) is 34.7. The van der Waals surface area contributed by atoms with E-state index in [0.717, 1.165) is 31.2 Å². The number of nitrogens with zero attached hydrogens (tertiary/aromatic N) is 4. The minimum absolute atomic E-state index is 0.0425. The highest BCUT2D eigenvalue weighted by Crippen LogP contribution is 2.23. The van der Waals surface area contributed by atoms with Crippen LogP contribution < -0.4 is 0 Å². The van der Waals surface area contributed by atoms with Gasteiger partial charge in [0, 0.05) is 31.8 Å². The van der Waals surface area contributed by atoms with Crippen molar-refractivity contribution in [1.29, 1.82) is 0 Å². The van der Waals surface area contributed by atoms with E-state index in [2.05, 4.69) is 4.99 Å². The highest BCUT2D eigenvalue weighted by atomic mass is 35.5. The van der Waals surface area contributed by atoms with Crippen LogP contribution in [0, 0.1) is 0 Å². The number of benzene rings is 1. The molecular formula is C21H29ClN4O4. The van der Waals surface area contributed by atoms with Gasteiger partial charge in [0.25, 0.3) is 6.02 Å². The van der Waals surface area contributed by atoms with Gasteiger partial charge in [-0.15, -0.1) is 0 Å². The molecule has 8 nitrogen and oxygen atoms in total. The fourth-order valence-electron chi connectivity index (χ4n) is 3.61. The molecule has 1 saturated carbocycles. The van der Waals surface area contributed by atoms with Crippen molar-refractivity contribution in [2.45, 2.75) is 44.8 Å². The number of amidine groups is 1. The van der Waals surface area contributed by atoms with Gasteiger partial charge in [-0.05, 0) is 49.8 Å². The van der Waals surface area contributed by atoms with E-state index in [1.54, 1.807) is 24.1 Å². The maximum atomic E-state index is 13.0. The van der Waals surface area contributed by atoms with Crippen molar-refractivity contribution in [3.8, 4) is 0 Å². The molecule has 1 heterocycles. The molecule has 0 atom stereocenters. The maximum absolute atomic E-state index is 13.0. The second-order valence-corrected chi connectivity index (χ2v) is 8.13. The monoisotopic (exact) mass is 436 g/mol. The van der Waals surface area contributed by atoms with Gasteiger partial charge in [-0.3, -0.25) is 9.69 Å². The Kier molecular flexibility index (Phi) is 7.93. The van der Waals surface area contributed by atoms with Crippen LogP contribution in [0.4, 0.5) is 4.79 Å². The number of hydrogen-bond acceptors (Lipinski definition) is 6. The lowest BCUT2D eigenvalue weighted by atomic mass is 10.2. The van der Waals surface area contributed by atoms with Crippen LogP contribution in [0.3, 0.4) is 0 Å². The zero-order valence-electron chi connectivity index (χ0n) is 17.3. The van der Waals surface area contributed by atoms with E-state index >= 15 is 0 Å². The third-order valence-corrected chi connectivity index (χ3v) is 5.53. The van der Waals surface area contributed by atoms with Crippen LogP contribution in [0.5, 0.6) is 0 Å². The Balaban J connectivity index is 1.87. The van der Waals surface area contributed by atoms with Gasteiger partial charge in [-0.2, -0.15) is 0 Å². The molecule has 30 heavy (non-hydrogen) atoms. The molecule has 9 heteroatoms. The molecular weight excluding hydrogens is 408 g/mol. The number of urea groups is 1. The second kappa shape index (κ2) is 10.6. The average Bonchev–Trinajstić information content (AvgIpc) is 3.25. The number of aliphatic hydroxyl groups excluding tert-OH is 1. The van der Waals surface area contributed by atoms with E-state index in [1.165, 1.54) is 9.80 Å². The molecule has 3 rings (SSSR count). The van der Waals surface area contributed by atoms with E-state index in [9.17, 15) is 9.59 Å². The summed E-state index contributed by atoms with van der Waals surface area (Å²) in [7, 11) is 1.60. The Hall–Kier alpha value is -2.32. The average molecular weight is 437 g/mol. The van der Waals surface area contributed by atoms with Crippen molar-refractivity contribution in [3.63, 3.8) is 0 Å². The first-order chi connectivity index (χ1) is 14.5. The third kappa shape index (κ3) is 5.86. The lowest BCUT2D eigenvalue weighted by Crippen LogP contribution is -2.48. The van der Waals surface area contributed by atoms with Crippen molar-refractivity contribution in [1.82, 2.24) is 14.7 Å². The smallest absolute Gasteiger partial charge is 0.327 e. The summed E-state index contributed by atoms with van der Waals surface area (Å²) in [6.07, 6.45) is 4.54. The molecule has 1 aromatic rings. The van der Waals surface area contributed by atoms with Crippen LogP contribution in [0.2, 0.25) is 5.02 Å². The summed E-state index contributed by atoms with van der Waals surface area (Å²) in [6.45, 7) is 0.508.